The Bertz CT molecular complexity index is 602. The molecule has 0 bridgehead atoms. The average molecular weight is 260 g/mol. The molecule has 1 saturated heterocycles. The number of non-ortho nitro benzene ring substituents is 1. The topological polar surface area (TPSA) is 74.2 Å². The van der Waals surface area contributed by atoms with Gasteiger partial charge in [0.15, 0.2) is 0 Å². The first-order valence-electron chi connectivity index (χ1n) is 6.41. The molecule has 0 atom stereocenters. The number of benzene rings is 1. The number of fused-ring (bicyclic) bond motifs is 1. The van der Waals surface area contributed by atoms with Crippen LogP contribution in [0.4, 0.5) is 5.69 Å². The molecule has 2 heterocycles. The Hall–Kier alpha value is -1.92. The van der Waals surface area contributed by atoms with Crippen LogP contribution in [0, 0.1) is 10.1 Å². The predicted molar refractivity (Wildman–Crippen MR) is 73.1 cm³/mol. The number of aromatic nitrogens is 1. The van der Waals surface area contributed by atoms with Crippen molar-refractivity contribution in [1.82, 2.24) is 15.2 Å². The van der Waals surface area contributed by atoms with E-state index in [1.807, 2.05) is 6.20 Å². The molecule has 0 unspecified atom stereocenters. The second-order valence-electron chi connectivity index (χ2n) is 4.83. The Morgan fingerprint density at radius 3 is 2.84 bits per heavy atom. The number of piperazine rings is 1. The summed E-state index contributed by atoms with van der Waals surface area (Å²) in [6.07, 6.45) is 1.95. The molecule has 0 aliphatic carbocycles. The highest BCUT2D eigenvalue weighted by Gasteiger charge is 2.14. The van der Waals surface area contributed by atoms with Crippen molar-refractivity contribution in [2.45, 2.75) is 6.54 Å². The smallest absolute Gasteiger partial charge is 0.270 e. The quantitative estimate of drug-likeness (QED) is 0.647. The number of nitro benzene ring substituents is 1. The Kier molecular flexibility index (Phi) is 3.18. The minimum Gasteiger partial charge on any atom is -0.361 e. The van der Waals surface area contributed by atoms with Gasteiger partial charge >= 0.3 is 0 Å². The normalized spacial score (nSPS) is 16.8. The Morgan fingerprint density at radius 1 is 1.32 bits per heavy atom. The highest BCUT2D eigenvalue weighted by atomic mass is 16.6. The van der Waals surface area contributed by atoms with Crippen LogP contribution in [-0.2, 0) is 6.54 Å². The molecule has 19 heavy (non-hydrogen) atoms. The zero-order valence-corrected chi connectivity index (χ0v) is 10.6. The SMILES string of the molecule is O=[N+]([O-])c1ccc2[nH]cc(CN3CCNCC3)c2c1. The maximum Gasteiger partial charge on any atom is 0.270 e. The van der Waals surface area contributed by atoms with Crippen molar-refractivity contribution in [2.24, 2.45) is 0 Å². The van der Waals surface area contributed by atoms with Crippen LogP contribution < -0.4 is 5.32 Å². The Morgan fingerprint density at radius 2 is 2.11 bits per heavy atom. The summed E-state index contributed by atoms with van der Waals surface area (Å²) in [6, 6.07) is 4.96. The van der Waals surface area contributed by atoms with Crippen LogP contribution >= 0.6 is 0 Å². The van der Waals surface area contributed by atoms with E-state index in [9.17, 15) is 10.1 Å². The van der Waals surface area contributed by atoms with Gasteiger partial charge in [0.25, 0.3) is 5.69 Å². The fourth-order valence-corrected chi connectivity index (χ4v) is 2.52. The summed E-state index contributed by atoms with van der Waals surface area (Å²) >= 11 is 0. The van der Waals surface area contributed by atoms with Gasteiger partial charge in [-0.3, -0.25) is 15.0 Å². The van der Waals surface area contributed by atoms with Gasteiger partial charge in [0, 0.05) is 62.0 Å². The highest BCUT2D eigenvalue weighted by Crippen LogP contribution is 2.24. The van der Waals surface area contributed by atoms with Crippen molar-refractivity contribution in [1.29, 1.82) is 0 Å². The molecule has 1 fully saturated rings. The largest absolute Gasteiger partial charge is 0.361 e. The van der Waals surface area contributed by atoms with Crippen molar-refractivity contribution in [3.8, 4) is 0 Å². The number of nitrogens with one attached hydrogen (secondary N) is 2. The lowest BCUT2D eigenvalue weighted by molar-refractivity contribution is -0.384. The molecule has 0 radical (unpaired) electrons. The molecular weight excluding hydrogens is 244 g/mol. The van der Waals surface area contributed by atoms with E-state index in [-0.39, 0.29) is 10.6 Å². The predicted octanol–water partition coefficient (Wildman–Crippen LogP) is 1.48. The molecule has 2 N–H and O–H groups in total. The van der Waals surface area contributed by atoms with Crippen LogP contribution in [0.1, 0.15) is 5.56 Å². The maximum atomic E-state index is 10.8. The van der Waals surface area contributed by atoms with Crippen molar-refractivity contribution >= 4 is 16.6 Å². The summed E-state index contributed by atoms with van der Waals surface area (Å²) in [4.78, 5) is 16.0. The van der Waals surface area contributed by atoms with Crippen LogP contribution in [0.2, 0.25) is 0 Å². The summed E-state index contributed by atoms with van der Waals surface area (Å²) in [6.45, 7) is 4.87. The first kappa shape index (κ1) is 12.1. The Labute approximate surface area is 110 Å². The zero-order valence-electron chi connectivity index (χ0n) is 10.6. The number of rotatable bonds is 3. The van der Waals surface area contributed by atoms with Gasteiger partial charge in [-0.25, -0.2) is 0 Å². The van der Waals surface area contributed by atoms with E-state index >= 15 is 0 Å². The van der Waals surface area contributed by atoms with Gasteiger partial charge in [-0.1, -0.05) is 0 Å². The molecule has 0 amide bonds. The van der Waals surface area contributed by atoms with Crippen LogP contribution in [0.3, 0.4) is 0 Å². The van der Waals surface area contributed by atoms with Gasteiger partial charge < -0.3 is 10.3 Å². The number of nitrogens with zero attached hydrogens (tertiary/aromatic N) is 2. The summed E-state index contributed by atoms with van der Waals surface area (Å²) in [7, 11) is 0. The number of hydrogen-bond donors (Lipinski definition) is 2. The summed E-state index contributed by atoms with van der Waals surface area (Å²) in [5, 5.41) is 15.1. The molecule has 100 valence electrons. The monoisotopic (exact) mass is 260 g/mol. The first-order valence-corrected chi connectivity index (χ1v) is 6.41. The molecule has 0 saturated carbocycles. The van der Waals surface area contributed by atoms with E-state index in [4.69, 9.17) is 0 Å². The number of H-pyrrole nitrogens is 1. The van der Waals surface area contributed by atoms with Gasteiger partial charge in [0.05, 0.1) is 4.92 Å². The first-order chi connectivity index (χ1) is 9.24. The minimum absolute atomic E-state index is 0.147. The molecule has 1 aliphatic heterocycles. The van der Waals surface area contributed by atoms with Crippen molar-refractivity contribution in [2.75, 3.05) is 26.2 Å². The lowest BCUT2D eigenvalue weighted by Crippen LogP contribution is -2.42. The van der Waals surface area contributed by atoms with Gasteiger partial charge in [0.2, 0.25) is 0 Å². The van der Waals surface area contributed by atoms with Crippen LogP contribution in [0.5, 0.6) is 0 Å². The van der Waals surface area contributed by atoms with E-state index in [0.717, 1.165) is 49.2 Å². The minimum atomic E-state index is -0.346. The zero-order chi connectivity index (χ0) is 13.2. The molecule has 1 aromatic heterocycles. The third kappa shape index (κ3) is 2.45. The molecule has 0 spiro atoms. The van der Waals surface area contributed by atoms with Gasteiger partial charge in [0.1, 0.15) is 0 Å². The van der Waals surface area contributed by atoms with E-state index in [0.29, 0.717) is 0 Å². The number of nitro groups is 1. The van der Waals surface area contributed by atoms with E-state index < -0.39 is 0 Å². The molecule has 6 nitrogen and oxygen atoms in total. The summed E-state index contributed by atoms with van der Waals surface area (Å²) in [5.74, 6) is 0. The van der Waals surface area contributed by atoms with Crippen LogP contribution in [0.15, 0.2) is 24.4 Å². The Balaban J connectivity index is 1.89. The number of hydrogen-bond acceptors (Lipinski definition) is 4. The summed E-state index contributed by atoms with van der Waals surface area (Å²) < 4.78 is 0. The standard InChI is InChI=1S/C13H16N4O2/c18-17(19)11-1-2-13-12(7-11)10(8-15-13)9-16-5-3-14-4-6-16/h1-2,7-8,14-15H,3-6,9H2. The van der Waals surface area contributed by atoms with Gasteiger partial charge in [-0.05, 0) is 11.6 Å². The third-order valence-electron chi connectivity index (χ3n) is 3.57. The average Bonchev–Trinajstić information content (AvgIpc) is 2.82. The van der Waals surface area contributed by atoms with E-state index in [2.05, 4.69) is 15.2 Å². The van der Waals surface area contributed by atoms with Crippen molar-refractivity contribution in [3.63, 3.8) is 0 Å². The molecular formula is C13H16N4O2. The van der Waals surface area contributed by atoms with E-state index in [1.165, 1.54) is 6.07 Å². The maximum absolute atomic E-state index is 10.8. The van der Waals surface area contributed by atoms with Crippen LogP contribution in [-0.4, -0.2) is 41.0 Å². The number of aromatic amines is 1. The molecule has 6 heteroatoms. The highest BCUT2D eigenvalue weighted by molar-refractivity contribution is 5.85. The third-order valence-corrected chi connectivity index (χ3v) is 3.57. The second kappa shape index (κ2) is 4.99. The van der Waals surface area contributed by atoms with Crippen LogP contribution in [0.25, 0.3) is 10.9 Å². The summed E-state index contributed by atoms with van der Waals surface area (Å²) in [5.41, 5.74) is 2.23. The molecule has 1 aromatic carbocycles. The van der Waals surface area contributed by atoms with Crippen molar-refractivity contribution < 1.29 is 4.92 Å². The lowest BCUT2D eigenvalue weighted by Gasteiger charge is -2.26. The molecule has 2 aromatic rings. The van der Waals surface area contributed by atoms with Crippen molar-refractivity contribution in [3.05, 3.63) is 40.1 Å². The fourth-order valence-electron chi connectivity index (χ4n) is 2.52. The molecule has 3 rings (SSSR count). The van der Waals surface area contributed by atoms with E-state index in [1.54, 1.807) is 12.1 Å². The van der Waals surface area contributed by atoms with Gasteiger partial charge in [-0.15, -0.1) is 0 Å². The second-order valence-corrected chi connectivity index (χ2v) is 4.83. The molecule has 1 aliphatic rings. The lowest BCUT2D eigenvalue weighted by atomic mass is 10.1. The van der Waals surface area contributed by atoms with Gasteiger partial charge in [-0.2, -0.15) is 0 Å². The fraction of sp³-hybridized carbons (Fsp3) is 0.385.